The van der Waals surface area contributed by atoms with Crippen LogP contribution in [0.4, 0.5) is 0 Å². The van der Waals surface area contributed by atoms with E-state index >= 15 is 0 Å². The van der Waals surface area contributed by atoms with Gasteiger partial charge in [0.1, 0.15) is 18.5 Å². The summed E-state index contributed by atoms with van der Waals surface area (Å²) in [6.07, 6.45) is 3.14. The summed E-state index contributed by atoms with van der Waals surface area (Å²) in [7, 11) is 0. The highest BCUT2D eigenvalue weighted by molar-refractivity contribution is 6.03. The smallest absolute Gasteiger partial charge is 0.192 e. The molecular formula is C27H32O3. The molecule has 1 saturated heterocycles. The van der Waals surface area contributed by atoms with Crippen molar-refractivity contribution in [3.05, 3.63) is 64.7 Å². The summed E-state index contributed by atoms with van der Waals surface area (Å²) < 4.78 is 12.5. The van der Waals surface area contributed by atoms with Crippen LogP contribution in [-0.4, -0.2) is 18.5 Å². The van der Waals surface area contributed by atoms with E-state index in [0.29, 0.717) is 13.2 Å². The van der Waals surface area contributed by atoms with Gasteiger partial charge in [0.15, 0.2) is 5.78 Å². The first kappa shape index (κ1) is 19.8. The molecule has 0 bridgehead atoms. The molecule has 1 heterocycles. The summed E-state index contributed by atoms with van der Waals surface area (Å²) in [5.41, 5.74) is 4.35. The normalized spacial score (nSPS) is 32.1. The van der Waals surface area contributed by atoms with E-state index < -0.39 is 0 Å². The van der Waals surface area contributed by atoms with Crippen molar-refractivity contribution in [1.82, 2.24) is 0 Å². The Hall–Kier alpha value is -2.13. The van der Waals surface area contributed by atoms with E-state index in [9.17, 15) is 4.79 Å². The largest absolute Gasteiger partial charge is 0.489 e. The number of ketones is 1. The fourth-order valence-corrected chi connectivity index (χ4v) is 6.44. The van der Waals surface area contributed by atoms with Crippen LogP contribution in [0.25, 0.3) is 0 Å². The first-order valence-electron chi connectivity index (χ1n) is 11.3. The van der Waals surface area contributed by atoms with E-state index in [4.69, 9.17) is 9.47 Å². The zero-order valence-electron chi connectivity index (χ0n) is 18.5. The number of fused-ring (bicyclic) bond motifs is 2. The van der Waals surface area contributed by atoms with Gasteiger partial charge in [0.05, 0.1) is 6.61 Å². The summed E-state index contributed by atoms with van der Waals surface area (Å²) >= 11 is 0. The second-order valence-corrected chi connectivity index (χ2v) is 10.4. The highest BCUT2D eigenvalue weighted by Gasteiger charge is 2.62. The number of benzene rings is 2. The van der Waals surface area contributed by atoms with Crippen LogP contribution >= 0.6 is 0 Å². The Morgan fingerprint density at radius 2 is 1.90 bits per heavy atom. The van der Waals surface area contributed by atoms with Crippen molar-refractivity contribution in [2.75, 3.05) is 6.61 Å². The molecule has 30 heavy (non-hydrogen) atoms. The number of ether oxygens (including phenoxy) is 2. The summed E-state index contributed by atoms with van der Waals surface area (Å²) in [6, 6.07) is 14.6. The van der Waals surface area contributed by atoms with Gasteiger partial charge in [-0.15, -0.1) is 0 Å². The van der Waals surface area contributed by atoms with Gasteiger partial charge in [0.2, 0.25) is 0 Å². The molecule has 0 spiro atoms. The molecular weight excluding hydrogens is 372 g/mol. The van der Waals surface area contributed by atoms with E-state index in [0.717, 1.165) is 35.3 Å². The minimum atomic E-state index is -0.288. The van der Waals surface area contributed by atoms with Crippen LogP contribution < -0.4 is 4.74 Å². The zero-order valence-corrected chi connectivity index (χ0v) is 18.5. The zero-order chi connectivity index (χ0) is 21.1. The van der Waals surface area contributed by atoms with Gasteiger partial charge in [-0.05, 0) is 58.4 Å². The number of carbonyl (C=O) groups is 1. The minimum absolute atomic E-state index is 0.0439. The molecule has 0 N–H and O–H groups in total. The van der Waals surface area contributed by atoms with Crippen molar-refractivity contribution >= 4 is 5.78 Å². The van der Waals surface area contributed by atoms with E-state index in [2.05, 4.69) is 52.0 Å². The monoisotopic (exact) mass is 404 g/mol. The van der Waals surface area contributed by atoms with Gasteiger partial charge in [-0.2, -0.15) is 0 Å². The molecule has 0 unspecified atom stereocenters. The molecule has 3 heteroatoms. The maximum absolute atomic E-state index is 13.5. The Bertz CT molecular complexity index is 979. The molecule has 0 amide bonds. The molecule has 3 aliphatic rings. The Balaban J connectivity index is 1.61. The number of hydrogen-bond donors (Lipinski definition) is 0. The lowest BCUT2D eigenvalue weighted by atomic mass is 9.50. The predicted octanol–water partition coefficient (Wildman–Crippen LogP) is 6.05. The topological polar surface area (TPSA) is 35.5 Å². The van der Waals surface area contributed by atoms with Crippen LogP contribution in [0.1, 0.15) is 79.9 Å². The quantitative estimate of drug-likeness (QED) is 0.622. The van der Waals surface area contributed by atoms with Crippen LogP contribution in [0, 0.1) is 11.3 Å². The van der Waals surface area contributed by atoms with Gasteiger partial charge in [-0.25, -0.2) is 0 Å². The number of carbonyl (C=O) groups excluding carboxylic acids is 1. The standard InChI is InChI=1S/C27H32O3/c1-17(2)19-13-20-21(14-22(19)29-15-18-9-6-5-7-10-18)27(4)12-8-11-26(3)16-30-24(23(20)28)25(26)27/h5-7,9-10,13-14,17,24-25H,8,11-12,15-16H2,1-4H3/t24-,25-,26-,27+/m0/s1. The molecule has 2 aliphatic carbocycles. The molecule has 158 valence electrons. The van der Waals surface area contributed by atoms with Gasteiger partial charge in [0.25, 0.3) is 0 Å². The average Bonchev–Trinajstić information content (AvgIpc) is 3.10. The summed E-state index contributed by atoms with van der Waals surface area (Å²) in [5.74, 6) is 1.63. The lowest BCUT2D eigenvalue weighted by molar-refractivity contribution is 0.0316. The third-order valence-electron chi connectivity index (χ3n) is 7.92. The van der Waals surface area contributed by atoms with Gasteiger partial charge in [-0.1, -0.05) is 64.4 Å². The predicted molar refractivity (Wildman–Crippen MR) is 118 cm³/mol. The molecule has 4 atom stereocenters. The highest BCUT2D eigenvalue weighted by atomic mass is 16.5. The fraction of sp³-hybridized carbons (Fsp3) is 0.519. The Kier molecular flexibility index (Phi) is 4.59. The van der Waals surface area contributed by atoms with Crippen LogP contribution in [0.5, 0.6) is 5.75 Å². The number of Topliss-reactive ketones (excluding diaryl/α,β-unsaturated/α-hetero) is 1. The average molecular weight is 405 g/mol. The van der Waals surface area contributed by atoms with Gasteiger partial charge >= 0.3 is 0 Å². The van der Waals surface area contributed by atoms with E-state index in [1.54, 1.807) is 0 Å². The van der Waals surface area contributed by atoms with Crippen LogP contribution in [0.3, 0.4) is 0 Å². The molecule has 2 aromatic carbocycles. The molecule has 2 fully saturated rings. The van der Waals surface area contributed by atoms with Gasteiger partial charge in [-0.3, -0.25) is 4.79 Å². The molecule has 3 nitrogen and oxygen atoms in total. The minimum Gasteiger partial charge on any atom is -0.489 e. The Morgan fingerprint density at radius 3 is 2.63 bits per heavy atom. The van der Waals surface area contributed by atoms with Gasteiger partial charge < -0.3 is 9.47 Å². The molecule has 5 rings (SSSR count). The molecule has 1 aliphatic heterocycles. The van der Waals surface area contributed by atoms with Crippen LogP contribution in [0.2, 0.25) is 0 Å². The first-order chi connectivity index (χ1) is 14.3. The van der Waals surface area contributed by atoms with E-state index in [-0.39, 0.29) is 34.6 Å². The van der Waals surface area contributed by atoms with E-state index in [1.807, 2.05) is 18.2 Å². The van der Waals surface area contributed by atoms with Crippen molar-refractivity contribution in [2.24, 2.45) is 11.3 Å². The maximum atomic E-state index is 13.5. The molecule has 0 radical (unpaired) electrons. The second-order valence-electron chi connectivity index (χ2n) is 10.4. The molecule has 0 aromatic heterocycles. The number of hydrogen-bond acceptors (Lipinski definition) is 3. The maximum Gasteiger partial charge on any atom is 0.192 e. The van der Waals surface area contributed by atoms with Crippen LogP contribution in [-0.2, 0) is 16.8 Å². The number of rotatable bonds is 4. The molecule has 2 aromatic rings. The van der Waals surface area contributed by atoms with Crippen LogP contribution in [0.15, 0.2) is 42.5 Å². The first-order valence-corrected chi connectivity index (χ1v) is 11.3. The lowest BCUT2D eigenvalue weighted by Crippen LogP contribution is -2.54. The lowest BCUT2D eigenvalue weighted by Gasteiger charge is -2.52. The SMILES string of the molecule is CC(C)c1cc2c(cc1OCc1ccccc1)[C@@]1(C)CCC[C@@]3(C)CO[C@@H](C2=O)[C@@H]31. The van der Waals surface area contributed by atoms with Crippen molar-refractivity contribution < 1.29 is 14.3 Å². The summed E-state index contributed by atoms with van der Waals surface area (Å²) in [4.78, 5) is 13.5. The molecule has 1 saturated carbocycles. The Labute approximate surface area is 179 Å². The third-order valence-corrected chi connectivity index (χ3v) is 7.92. The second kappa shape index (κ2) is 6.95. The summed E-state index contributed by atoms with van der Waals surface area (Å²) in [6.45, 7) is 10.3. The van der Waals surface area contributed by atoms with E-state index in [1.165, 1.54) is 12.0 Å². The fourth-order valence-electron chi connectivity index (χ4n) is 6.44. The van der Waals surface area contributed by atoms with Gasteiger partial charge in [0, 0.05) is 11.5 Å². The summed E-state index contributed by atoms with van der Waals surface area (Å²) in [5, 5.41) is 0. The van der Waals surface area contributed by atoms with Crippen molar-refractivity contribution in [2.45, 2.75) is 71.0 Å². The highest BCUT2D eigenvalue weighted by Crippen LogP contribution is 2.61. The van der Waals surface area contributed by atoms with Crippen molar-refractivity contribution in [3.63, 3.8) is 0 Å². The third kappa shape index (κ3) is 2.85. The van der Waals surface area contributed by atoms with Crippen molar-refractivity contribution in [1.29, 1.82) is 0 Å². The Morgan fingerprint density at radius 1 is 1.13 bits per heavy atom. The van der Waals surface area contributed by atoms with Crippen molar-refractivity contribution in [3.8, 4) is 5.75 Å².